The van der Waals surface area contributed by atoms with Crippen LogP contribution in [0.3, 0.4) is 0 Å². The molecule has 0 aromatic carbocycles. The summed E-state index contributed by atoms with van der Waals surface area (Å²) in [6, 6.07) is -0.228. The van der Waals surface area contributed by atoms with Gasteiger partial charge in [0, 0.05) is 6.42 Å². The fraction of sp³-hybridized carbons (Fsp3) is 0.861. The fourth-order valence-electron chi connectivity index (χ4n) is 5.10. The first-order valence-electron chi connectivity index (χ1n) is 17.4. The van der Waals surface area contributed by atoms with Crippen LogP contribution < -0.4 is 5.32 Å². The second-order valence-electron chi connectivity index (χ2n) is 11.9. The van der Waals surface area contributed by atoms with Crippen molar-refractivity contribution in [3.8, 4) is 0 Å². The van der Waals surface area contributed by atoms with Crippen molar-refractivity contribution >= 4 is 5.91 Å². The number of unbranched alkanes of at least 4 members (excludes halogenated alkanes) is 22. The summed E-state index contributed by atoms with van der Waals surface area (Å²) in [5.41, 5.74) is 0. The van der Waals surface area contributed by atoms with Crippen molar-refractivity contribution in [1.82, 2.24) is 5.32 Å². The van der Waals surface area contributed by atoms with Gasteiger partial charge >= 0.3 is 0 Å². The van der Waals surface area contributed by atoms with Crippen molar-refractivity contribution in [3.63, 3.8) is 0 Å². The molecule has 2 atom stereocenters. The van der Waals surface area contributed by atoms with Gasteiger partial charge in [-0.25, -0.2) is 0 Å². The van der Waals surface area contributed by atoms with Crippen LogP contribution in [0.2, 0.25) is 0 Å². The highest BCUT2D eigenvalue weighted by atomic mass is 16.3. The van der Waals surface area contributed by atoms with E-state index < -0.39 is 6.10 Å². The minimum Gasteiger partial charge on any atom is -0.387 e. The van der Waals surface area contributed by atoms with Crippen LogP contribution >= 0.6 is 0 Å². The number of carbonyl (C=O) groups is 1. The van der Waals surface area contributed by atoms with Crippen molar-refractivity contribution < 1.29 is 9.90 Å². The SMILES string of the molecule is CCCCCCCC/C=C\CCCCCCCC(=O)NC(C)C(O)C=CCCCCCCCCCCCCC. The number of amides is 1. The van der Waals surface area contributed by atoms with Crippen molar-refractivity contribution in [2.75, 3.05) is 0 Å². The van der Waals surface area contributed by atoms with Crippen LogP contribution in [0, 0.1) is 0 Å². The van der Waals surface area contributed by atoms with Crippen LogP contribution in [0.5, 0.6) is 0 Å². The highest BCUT2D eigenvalue weighted by molar-refractivity contribution is 5.76. The minimum absolute atomic E-state index is 0.0675. The quantitative estimate of drug-likeness (QED) is 0.0694. The lowest BCUT2D eigenvalue weighted by atomic mass is 10.0. The molecule has 0 saturated heterocycles. The normalized spacial score (nSPS) is 13.4. The number of rotatable bonds is 30. The standard InChI is InChI=1S/C36H69NO2/c1-4-6-8-10-12-14-16-18-19-21-23-25-27-29-31-33-36(39)37-34(3)35(38)32-30-28-26-24-22-20-17-15-13-11-9-7-5-2/h18-19,30,32,34-35,38H,4-17,20-29,31,33H2,1-3H3,(H,37,39)/b19-18-,32-30?. The van der Waals surface area contributed by atoms with Gasteiger partial charge in [0.2, 0.25) is 5.91 Å². The molecule has 2 unspecified atom stereocenters. The average molecular weight is 548 g/mol. The monoisotopic (exact) mass is 548 g/mol. The number of nitrogens with one attached hydrogen (secondary N) is 1. The van der Waals surface area contributed by atoms with E-state index in [-0.39, 0.29) is 11.9 Å². The lowest BCUT2D eigenvalue weighted by molar-refractivity contribution is -0.122. The van der Waals surface area contributed by atoms with Crippen molar-refractivity contribution in [1.29, 1.82) is 0 Å². The second kappa shape index (κ2) is 31.4. The largest absolute Gasteiger partial charge is 0.387 e. The lowest BCUT2D eigenvalue weighted by Gasteiger charge is -2.17. The molecule has 0 bridgehead atoms. The second-order valence-corrected chi connectivity index (χ2v) is 11.9. The van der Waals surface area contributed by atoms with Crippen LogP contribution in [0.4, 0.5) is 0 Å². The van der Waals surface area contributed by atoms with Crippen LogP contribution in [0.15, 0.2) is 24.3 Å². The van der Waals surface area contributed by atoms with Crippen molar-refractivity contribution in [2.45, 2.75) is 200 Å². The lowest BCUT2D eigenvalue weighted by Crippen LogP contribution is -2.40. The third kappa shape index (κ3) is 29.7. The molecule has 0 saturated carbocycles. The molecule has 2 N–H and O–H groups in total. The maximum atomic E-state index is 12.2. The maximum Gasteiger partial charge on any atom is 0.220 e. The summed E-state index contributed by atoms with van der Waals surface area (Å²) in [7, 11) is 0. The summed E-state index contributed by atoms with van der Waals surface area (Å²) in [5, 5.41) is 13.3. The number of aliphatic hydroxyl groups is 1. The van der Waals surface area contributed by atoms with Crippen LogP contribution in [0.1, 0.15) is 188 Å². The maximum absolute atomic E-state index is 12.2. The van der Waals surface area contributed by atoms with Gasteiger partial charge in [-0.1, -0.05) is 154 Å². The number of hydrogen-bond donors (Lipinski definition) is 2. The van der Waals surface area contributed by atoms with E-state index in [1.807, 2.05) is 13.0 Å². The Kier molecular flexibility index (Phi) is 30.6. The Bertz CT molecular complexity index is 556. The third-order valence-corrected chi connectivity index (χ3v) is 7.87. The van der Waals surface area contributed by atoms with Gasteiger partial charge in [-0.2, -0.15) is 0 Å². The average Bonchev–Trinajstić information content (AvgIpc) is 2.93. The molecule has 0 fully saturated rings. The number of allylic oxidation sites excluding steroid dienone is 3. The first-order valence-corrected chi connectivity index (χ1v) is 17.4. The van der Waals surface area contributed by atoms with Gasteiger partial charge in [-0.05, 0) is 51.9 Å². The molecular formula is C36H69NO2. The molecule has 0 aromatic heterocycles. The first-order chi connectivity index (χ1) is 19.1. The molecule has 0 aliphatic rings. The summed E-state index contributed by atoms with van der Waals surface area (Å²) < 4.78 is 0. The Morgan fingerprint density at radius 2 is 0.923 bits per heavy atom. The third-order valence-electron chi connectivity index (χ3n) is 7.87. The Hall–Kier alpha value is -1.09. The predicted molar refractivity (Wildman–Crippen MR) is 173 cm³/mol. The molecule has 0 radical (unpaired) electrons. The van der Waals surface area contributed by atoms with E-state index in [1.54, 1.807) is 0 Å². The number of hydrogen-bond acceptors (Lipinski definition) is 2. The number of aliphatic hydroxyl groups excluding tert-OH is 1. The molecule has 0 rings (SSSR count). The number of carbonyl (C=O) groups excluding carboxylic acids is 1. The topological polar surface area (TPSA) is 49.3 Å². The fourth-order valence-corrected chi connectivity index (χ4v) is 5.10. The van der Waals surface area contributed by atoms with Crippen molar-refractivity contribution in [2.24, 2.45) is 0 Å². The first kappa shape index (κ1) is 37.9. The summed E-state index contributed by atoms with van der Waals surface area (Å²) in [5.74, 6) is 0.0675. The van der Waals surface area contributed by atoms with Crippen molar-refractivity contribution in [3.05, 3.63) is 24.3 Å². The van der Waals surface area contributed by atoms with Crippen LogP contribution in [-0.2, 0) is 4.79 Å². The van der Waals surface area contributed by atoms with Crippen LogP contribution in [0.25, 0.3) is 0 Å². The Balaban J connectivity index is 3.53. The summed E-state index contributed by atoms with van der Waals surface area (Å²) in [4.78, 5) is 12.2. The molecule has 39 heavy (non-hydrogen) atoms. The molecule has 0 aliphatic carbocycles. The molecule has 3 heteroatoms. The van der Waals surface area contributed by atoms with E-state index in [0.717, 1.165) is 19.3 Å². The van der Waals surface area contributed by atoms with E-state index in [1.165, 1.54) is 141 Å². The summed E-state index contributed by atoms with van der Waals surface area (Å²) in [6.07, 6.45) is 41.0. The van der Waals surface area contributed by atoms with Gasteiger partial charge in [0.25, 0.3) is 0 Å². The van der Waals surface area contributed by atoms with Gasteiger partial charge in [0.1, 0.15) is 0 Å². The Labute approximate surface area is 245 Å². The van der Waals surface area contributed by atoms with Gasteiger partial charge < -0.3 is 10.4 Å². The molecule has 0 heterocycles. The van der Waals surface area contributed by atoms with Gasteiger partial charge in [-0.3, -0.25) is 4.79 Å². The van der Waals surface area contributed by atoms with Gasteiger partial charge in [0.15, 0.2) is 0 Å². The van der Waals surface area contributed by atoms with Crippen LogP contribution in [-0.4, -0.2) is 23.2 Å². The molecule has 230 valence electrons. The van der Waals surface area contributed by atoms with E-state index >= 15 is 0 Å². The molecule has 0 aliphatic heterocycles. The van der Waals surface area contributed by atoms with E-state index in [0.29, 0.717) is 6.42 Å². The van der Waals surface area contributed by atoms with E-state index in [9.17, 15) is 9.90 Å². The zero-order valence-corrected chi connectivity index (χ0v) is 26.7. The zero-order valence-electron chi connectivity index (χ0n) is 26.7. The highest BCUT2D eigenvalue weighted by Crippen LogP contribution is 2.13. The molecule has 0 aromatic rings. The molecule has 1 amide bonds. The predicted octanol–water partition coefficient (Wildman–Crippen LogP) is 11.1. The summed E-state index contributed by atoms with van der Waals surface area (Å²) in [6.45, 7) is 6.44. The smallest absolute Gasteiger partial charge is 0.220 e. The highest BCUT2D eigenvalue weighted by Gasteiger charge is 2.13. The van der Waals surface area contributed by atoms with E-state index in [2.05, 4.69) is 37.4 Å². The zero-order chi connectivity index (χ0) is 28.7. The summed E-state index contributed by atoms with van der Waals surface area (Å²) >= 11 is 0. The minimum atomic E-state index is -0.601. The molecule has 3 nitrogen and oxygen atoms in total. The molecular weight excluding hydrogens is 478 g/mol. The Morgan fingerprint density at radius 3 is 1.36 bits per heavy atom. The molecule has 0 spiro atoms. The Morgan fingerprint density at radius 1 is 0.564 bits per heavy atom. The van der Waals surface area contributed by atoms with E-state index in [4.69, 9.17) is 0 Å². The van der Waals surface area contributed by atoms with Gasteiger partial charge in [-0.15, -0.1) is 0 Å². The van der Waals surface area contributed by atoms with Gasteiger partial charge in [0.05, 0.1) is 12.1 Å².